The summed E-state index contributed by atoms with van der Waals surface area (Å²) in [5.74, 6) is -4.42. The van der Waals surface area contributed by atoms with E-state index in [4.69, 9.17) is 44.6 Å². The number of rotatable bonds is 5. The molecule has 25 heavy (non-hydrogen) atoms. The average Bonchev–Trinajstić information content (AvgIpc) is 3.35. The summed E-state index contributed by atoms with van der Waals surface area (Å²) in [5, 5.41) is 8.13. The average molecular weight is 410 g/mol. The van der Waals surface area contributed by atoms with Gasteiger partial charge in [0.25, 0.3) is 0 Å². The van der Waals surface area contributed by atoms with Gasteiger partial charge in [-0.25, -0.2) is 14.4 Å². The monoisotopic (exact) mass is 408 g/mol. The van der Waals surface area contributed by atoms with Crippen LogP contribution in [0.4, 0.5) is 0 Å². The van der Waals surface area contributed by atoms with E-state index in [0.717, 1.165) is 18.9 Å². The van der Waals surface area contributed by atoms with Gasteiger partial charge in [-0.3, -0.25) is 0 Å². The second-order valence-electron chi connectivity index (χ2n) is 6.39. The fraction of sp³-hybridized carbons (Fsp3) is 0.438. The van der Waals surface area contributed by atoms with Crippen molar-refractivity contribution in [2.45, 2.75) is 26.7 Å². The Hall–Kier alpha value is -1.50. The van der Waals surface area contributed by atoms with Crippen molar-refractivity contribution in [2.75, 3.05) is 6.61 Å². The topological polar surface area (TPSA) is 89.9 Å². The lowest BCUT2D eigenvalue weighted by molar-refractivity contribution is -0.158. The maximum absolute atomic E-state index is 12.5. The SMILES string of the molecule is CC(C)(COC(=O)c1c(Cl)c(Cl)cc(Cl)c1OC(=O)C(=O)O)C1CC1. The van der Waals surface area contributed by atoms with Crippen LogP contribution < -0.4 is 4.74 Å². The highest BCUT2D eigenvalue weighted by Crippen LogP contribution is 2.46. The molecular weight excluding hydrogens is 395 g/mol. The van der Waals surface area contributed by atoms with Crippen LogP contribution in [0.15, 0.2) is 6.07 Å². The first kappa shape index (κ1) is 19.8. The van der Waals surface area contributed by atoms with Gasteiger partial charge in [-0.15, -0.1) is 0 Å². The molecule has 6 nitrogen and oxygen atoms in total. The minimum atomic E-state index is -1.85. The standard InChI is InChI=1S/C16H15Cl3O6/c1-16(2,7-3-4-7)6-24-14(22)10-11(19)8(17)5-9(18)12(10)25-15(23)13(20)21/h5,7H,3-4,6H2,1-2H3,(H,20,21). The Morgan fingerprint density at radius 1 is 1.20 bits per heavy atom. The molecule has 1 aliphatic rings. The lowest BCUT2D eigenvalue weighted by atomic mass is 9.88. The Morgan fingerprint density at radius 3 is 2.32 bits per heavy atom. The molecule has 1 aromatic carbocycles. The van der Waals surface area contributed by atoms with Gasteiger partial charge in [0, 0.05) is 5.41 Å². The molecule has 0 atom stereocenters. The van der Waals surface area contributed by atoms with E-state index < -0.39 is 23.7 Å². The number of aliphatic carboxylic acids is 1. The van der Waals surface area contributed by atoms with Gasteiger partial charge in [0.05, 0.1) is 21.7 Å². The third kappa shape index (κ3) is 4.57. The van der Waals surface area contributed by atoms with Gasteiger partial charge in [-0.2, -0.15) is 0 Å². The summed E-state index contributed by atoms with van der Waals surface area (Å²) in [6, 6.07) is 1.14. The molecule has 1 saturated carbocycles. The van der Waals surface area contributed by atoms with Crippen LogP contribution in [0.2, 0.25) is 15.1 Å². The molecule has 0 saturated heterocycles. The van der Waals surface area contributed by atoms with Crippen molar-refractivity contribution in [3.63, 3.8) is 0 Å². The Kier molecular flexibility index (Phi) is 5.86. The van der Waals surface area contributed by atoms with Crippen LogP contribution in [0.3, 0.4) is 0 Å². The minimum absolute atomic E-state index is 0.0600. The van der Waals surface area contributed by atoms with E-state index in [0.29, 0.717) is 5.92 Å². The zero-order valence-corrected chi connectivity index (χ0v) is 15.7. The van der Waals surface area contributed by atoms with Crippen molar-refractivity contribution in [1.29, 1.82) is 0 Å². The largest absolute Gasteiger partial charge is 0.473 e. The molecule has 0 bridgehead atoms. The van der Waals surface area contributed by atoms with E-state index in [9.17, 15) is 14.4 Å². The van der Waals surface area contributed by atoms with Crippen LogP contribution in [-0.2, 0) is 14.3 Å². The van der Waals surface area contributed by atoms with Gasteiger partial charge in [0.15, 0.2) is 5.75 Å². The lowest BCUT2D eigenvalue weighted by Crippen LogP contribution is -2.25. The number of hydrogen-bond donors (Lipinski definition) is 1. The lowest BCUT2D eigenvalue weighted by Gasteiger charge is -2.24. The third-order valence-corrected chi connectivity index (χ3v) is 5.03. The molecule has 0 aliphatic heterocycles. The first-order chi connectivity index (χ1) is 11.5. The molecule has 2 rings (SSSR count). The summed E-state index contributed by atoms with van der Waals surface area (Å²) < 4.78 is 9.96. The molecule has 0 aromatic heterocycles. The zero-order chi connectivity index (χ0) is 18.9. The molecule has 1 fully saturated rings. The van der Waals surface area contributed by atoms with Gasteiger partial charge in [-0.1, -0.05) is 48.7 Å². The number of esters is 2. The highest BCUT2D eigenvalue weighted by Gasteiger charge is 2.39. The smallest absolute Gasteiger partial charge is 0.422 e. The summed E-state index contributed by atoms with van der Waals surface area (Å²) in [7, 11) is 0. The molecule has 0 spiro atoms. The maximum Gasteiger partial charge on any atom is 0.422 e. The third-order valence-electron chi connectivity index (χ3n) is 3.96. The summed E-state index contributed by atoms with van der Waals surface area (Å²) in [6.07, 6.45) is 2.13. The predicted octanol–water partition coefficient (Wildman–Crippen LogP) is 4.23. The highest BCUT2D eigenvalue weighted by molar-refractivity contribution is 6.46. The Balaban J connectivity index is 2.31. The molecule has 1 aromatic rings. The summed E-state index contributed by atoms with van der Waals surface area (Å²) in [6.45, 7) is 4.05. The van der Waals surface area contributed by atoms with E-state index in [-0.39, 0.29) is 32.7 Å². The summed E-state index contributed by atoms with van der Waals surface area (Å²) in [4.78, 5) is 34.5. The minimum Gasteiger partial charge on any atom is -0.473 e. The number of carbonyl (C=O) groups excluding carboxylic acids is 2. The first-order valence-electron chi connectivity index (χ1n) is 7.34. The van der Waals surface area contributed by atoms with Crippen molar-refractivity contribution in [3.8, 4) is 5.75 Å². The quantitative estimate of drug-likeness (QED) is 0.339. The van der Waals surface area contributed by atoms with E-state index in [1.807, 2.05) is 13.8 Å². The zero-order valence-electron chi connectivity index (χ0n) is 13.4. The van der Waals surface area contributed by atoms with Crippen LogP contribution in [0.25, 0.3) is 0 Å². The van der Waals surface area contributed by atoms with Crippen molar-refractivity contribution < 1.29 is 29.0 Å². The van der Waals surface area contributed by atoms with Crippen LogP contribution in [0, 0.1) is 11.3 Å². The number of benzene rings is 1. The predicted molar refractivity (Wildman–Crippen MR) is 91.5 cm³/mol. The van der Waals surface area contributed by atoms with Gasteiger partial charge in [0.1, 0.15) is 5.56 Å². The number of ether oxygens (including phenoxy) is 2. The van der Waals surface area contributed by atoms with Crippen molar-refractivity contribution in [3.05, 3.63) is 26.7 Å². The number of halogens is 3. The molecule has 136 valence electrons. The number of carboxylic acid groups (broad SMARTS) is 1. The number of carbonyl (C=O) groups is 3. The highest BCUT2D eigenvalue weighted by atomic mass is 35.5. The second-order valence-corrected chi connectivity index (χ2v) is 7.58. The fourth-order valence-corrected chi connectivity index (χ4v) is 3.02. The van der Waals surface area contributed by atoms with E-state index in [1.165, 1.54) is 0 Å². The van der Waals surface area contributed by atoms with Gasteiger partial charge < -0.3 is 14.6 Å². The van der Waals surface area contributed by atoms with E-state index >= 15 is 0 Å². The van der Waals surface area contributed by atoms with Crippen LogP contribution in [-0.4, -0.2) is 29.6 Å². The Bertz CT molecular complexity index is 740. The van der Waals surface area contributed by atoms with Crippen LogP contribution in [0.1, 0.15) is 37.0 Å². The normalized spacial score (nSPS) is 14.1. The molecule has 0 radical (unpaired) electrons. The molecule has 1 aliphatic carbocycles. The van der Waals surface area contributed by atoms with Crippen molar-refractivity contribution in [1.82, 2.24) is 0 Å². The summed E-state index contributed by atoms with van der Waals surface area (Å²) >= 11 is 17.9. The summed E-state index contributed by atoms with van der Waals surface area (Å²) in [5.41, 5.74) is -0.608. The number of carboxylic acids is 1. The molecule has 0 heterocycles. The molecule has 0 unspecified atom stereocenters. The first-order valence-corrected chi connectivity index (χ1v) is 8.47. The molecule has 1 N–H and O–H groups in total. The van der Waals surface area contributed by atoms with Crippen LogP contribution in [0.5, 0.6) is 5.75 Å². The van der Waals surface area contributed by atoms with E-state index in [2.05, 4.69) is 4.74 Å². The van der Waals surface area contributed by atoms with Crippen molar-refractivity contribution >= 4 is 52.7 Å². The van der Waals surface area contributed by atoms with Gasteiger partial charge >= 0.3 is 17.9 Å². The fourth-order valence-electron chi connectivity index (χ4n) is 2.30. The van der Waals surface area contributed by atoms with Gasteiger partial charge in [-0.05, 0) is 24.8 Å². The number of hydrogen-bond acceptors (Lipinski definition) is 5. The van der Waals surface area contributed by atoms with Crippen molar-refractivity contribution in [2.24, 2.45) is 11.3 Å². The Morgan fingerprint density at radius 2 is 1.80 bits per heavy atom. The molecule has 9 heteroatoms. The molecule has 0 amide bonds. The van der Waals surface area contributed by atoms with E-state index in [1.54, 1.807) is 0 Å². The Labute approximate surface area is 158 Å². The molecular formula is C16H15Cl3O6. The van der Waals surface area contributed by atoms with Crippen LogP contribution >= 0.6 is 34.8 Å². The second kappa shape index (κ2) is 7.40. The van der Waals surface area contributed by atoms with Gasteiger partial charge in [0.2, 0.25) is 0 Å². The maximum atomic E-state index is 12.5.